The Kier molecular flexibility index (Phi) is 3.37. The first kappa shape index (κ1) is 10.6. The van der Waals surface area contributed by atoms with Gasteiger partial charge in [-0.2, -0.15) is 0 Å². The molecule has 0 N–H and O–H groups in total. The van der Waals surface area contributed by atoms with Crippen molar-refractivity contribution in [1.82, 2.24) is 9.97 Å². The highest BCUT2D eigenvalue weighted by Gasteiger charge is 2.00. The van der Waals surface area contributed by atoms with Crippen molar-refractivity contribution < 1.29 is 4.74 Å². The molecule has 1 aromatic carbocycles. The molecule has 0 aliphatic heterocycles. The zero-order chi connectivity index (χ0) is 10.7. The van der Waals surface area contributed by atoms with Crippen molar-refractivity contribution in [2.75, 3.05) is 0 Å². The molecule has 3 nitrogen and oxygen atoms in total. The maximum absolute atomic E-state index is 5.81. The van der Waals surface area contributed by atoms with Gasteiger partial charge in [0.05, 0.1) is 0 Å². The van der Waals surface area contributed by atoms with Gasteiger partial charge in [-0.15, -0.1) is 0 Å². The standard InChI is InChI=1S/C10H6ClIN2O/c11-7-2-1-3-9(4-7)15-10-13-5-8(12)6-14-10/h1-6H. The van der Waals surface area contributed by atoms with Crippen LogP contribution < -0.4 is 4.74 Å². The van der Waals surface area contributed by atoms with Crippen molar-refractivity contribution in [3.63, 3.8) is 0 Å². The zero-order valence-electron chi connectivity index (χ0n) is 7.52. The minimum absolute atomic E-state index is 0.317. The van der Waals surface area contributed by atoms with E-state index in [2.05, 4.69) is 32.6 Å². The third-order valence-electron chi connectivity index (χ3n) is 1.60. The van der Waals surface area contributed by atoms with E-state index >= 15 is 0 Å². The van der Waals surface area contributed by atoms with Gasteiger partial charge in [0, 0.05) is 21.0 Å². The number of ether oxygens (including phenoxy) is 1. The zero-order valence-corrected chi connectivity index (χ0v) is 10.4. The lowest BCUT2D eigenvalue weighted by Gasteiger charge is -2.02. The molecule has 1 aromatic heterocycles. The quantitative estimate of drug-likeness (QED) is 0.789. The lowest BCUT2D eigenvalue weighted by Crippen LogP contribution is -1.91. The lowest BCUT2D eigenvalue weighted by atomic mass is 10.3. The largest absolute Gasteiger partial charge is 0.424 e. The fourth-order valence-electron chi connectivity index (χ4n) is 0.989. The first-order valence-electron chi connectivity index (χ1n) is 4.15. The highest BCUT2D eigenvalue weighted by atomic mass is 127. The lowest BCUT2D eigenvalue weighted by molar-refractivity contribution is 0.441. The molecular formula is C10H6ClIN2O. The van der Waals surface area contributed by atoms with Crippen molar-refractivity contribution >= 4 is 34.2 Å². The third-order valence-corrected chi connectivity index (χ3v) is 2.39. The summed E-state index contributed by atoms with van der Waals surface area (Å²) in [4.78, 5) is 8.04. The van der Waals surface area contributed by atoms with E-state index in [0.717, 1.165) is 3.57 Å². The number of benzene rings is 1. The average molecular weight is 333 g/mol. The molecule has 2 rings (SSSR count). The van der Waals surface area contributed by atoms with Gasteiger partial charge in [-0.05, 0) is 40.8 Å². The van der Waals surface area contributed by atoms with Crippen LogP contribution in [0, 0.1) is 3.57 Å². The van der Waals surface area contributed by atoms with Crippen LogP contribution >= 0.6 is 34.2 Å². The van der Waals surface area contributed by atoms with Crippen molar-refractivity contribution in [2.24, 2.45) is 0 Å². The van der Waals surface area contributed by atoms with Crippen molar-refractivity contribution in [3.05, 3.63) is 45.3 Å². The van der Waals surface area contributed by atoms with Crippen LogP contribution in [0.1, 0.15) is 0 Å². The Bertz CT molecular complexity index is 461. The summed E-state index contributed by atoms with van der Waals surface area (Å²) in [6.45, 7) is 0. The van der Waals surface area contributed by atoms with E-state index in [1.165, 1.54) is 0 Å². The smallest absolute Gasteiger partial charge is 0.321 e. The van der Waals surface area contributed by atoms with Gasteiger partial charge in [0.2, 0.25) is 0 Å². The molecule has 0 saturated carbocycles. The first-order chi connectivity index (χ1) is 7.24. The monoisotopic (exact) mass is 332 g/mol. The SMILES string of the molecule is Clc1cccc(Oc2ncc(I)cn2)c1. The molecule has 0 aliphatic rings. The molecule has 76 valence electrons. The number of hydrogen-bond donors (Lipinski definition) is 0. The highest BCUT2D eigenvalue weighted by molar-refractivity contribution is 14.1. The summed E-state index contributed by atoms with van der Waals surface area (Å²) in [6.07, 6.45) is 3.38. The third kappa shape index (κ3) is 3.04. The average Bonchev–Trinajstić information content (AvgIpc) is 2.22. The highest BCUT2D eigenvalue weighted by Crippen LogP contribution is 2.21. The van der Waals surface area contributed by atoms with E-state index in [-0.39, 0.29) is 0 Å². The van der Waals surface area contributed by atoms with Gasteiger partial charge in [-0.1, -0.05) is 17.7 Å². The van der Waals surface area contributed by atoms with E-state index in [0.29, 0.717) is 16.8 Å². The molecular weight excluding hydrogens is 326 g/mol. The van der Waals surface area contributed by atoms with Gasteiger partial charge in [-0.25, -0.2) is 9.97 Å². The second-order valence-electron chi connectivity index (χ2n) is 2.74. The summed E-state index contributed by atoms with van der Waals surface area (Å²) in [6, 6.07) is 7.42. The van der Waals surface area contributed by atoms with Gasteiger partial charge in [0.25, 0.3) is 0 Å². The summed E-state index contributed by atoms with van der Waals surface area (Å²) in [7, 11) is 0. The van der Waals surface area contributed by atoms with Gasteiger partial charge in [0.15, 0.2) is 0 Å². The van der Waals surface area contributed by atoms with Gasteiger partial charge in [0.1, 0.15) is 5.75 Å². The normalized spacial score (nSPS) is 10.0. The van der Waals surface area contributed by atoms with E-state index in [1.54, 1.807) is 30.6 Å². The molecule has 0 radical (unpaired) electrons. The van der Waals surface area contributed by atoms with Crippen LogP contribution in [0.2, 0.25) is 5.02 Å². The van der Waals surface area contributed by atoms with Gasteiger partial charge >= 0.3 is 6.01 Å². The Morgan fingerprint density at radius 2 is 1.93 bits per heavy atom. The second-order valence-corrected chi connectivity index (χ2v) is 4.43. The van der Waals surface area contributed by atoms with E-state index in [9.17, 15) is 0 Å². The maximum Gasteiger partial charge on any atom is 0.321 e. The molecule has 2 aromatic rings. The van der Waals surface area contributed by atoms with E-state index in [4.69, 9.17) is 16.3 Å². The fraction of sp³-hybridized carbons (Fsp3) is 0. The van der Waals surface area contributed by atoms with Crippen LogP contribution in [0.25, 0.3) is 0 Å². The topological polar surface area (TPSA) is 35.0 Å². The van der Waals surface area contributed by atoms with E-state index < -0.39 is 0 Å². The number of aromatic nitrogens is 2. The molecule has 0 unspecified atom stereocenters. The summed E-state index contributed by atoms with van der Waals surface area (Å²) in [5.41, 5.74) is 0. The maximum atomic E-state index is 5.81. The number of hydrogen-bond acceptors (Lipinski definition) is 3. The molecule has 0 atom stereocenters. The Morgan fingerprint density at radius 1 is 1.20 bits per heavy atom. The van der Waals surface area contributed by atoms with Crippen LogP contribution in [-0.4, -0.2) is 9.97 Å². The number of nitrogens with zero attached hydrogens (tertiary/aromatic N) is 2. The number of halogens is 2. The van der Waals surface area contributed by atoms with Gasteiger partial charge < -0.3 is 4.74 Å². The molecule has 5 heteroatoms. The van der Waals surface area contributed by atoms with Crippen LogP contribution in [0.3, 0.4) is 0 Å². The van der Waals surface area contributed by atoms with Crippen molar-refractivity contribution in [2.45, 2.75) is 0 Å². The van der Waals surface area contributed by atoms with Crippen LogP contribution in [0.5, 0.6) is 11.8 Å². The molecule has 1 heterocycles. The summed E-state index contributed by atoms with van der Waals surface area (Å²) < 4.78 is 6.37. The van der Waals surface area contributed by atoms with E-state index in [1.807, 2.05) is 6.07 Å². The summed E-state index contributed by atoms with van der Waals surface area (Å²) in [5, 5.41) is 0.623. The second kappa shape index (κ2) is 4.76. The van der Waals surface area contributed by atoms with Gasteiger partial charge in [-0.3, -0.25) is 0 Å². The first-order valence-corrected chi connectivity index (χ1v) is 5.61. The minimum atomic E-state index is 0.317. The summed E-state index contributed by atoms with van der Waals surface area (Å²) in [5.74, 6) is 0.628. The van der Waals surface area contributed by atoms with Crippen molar-refractivity contribution in [1.29, 1.82) is 0 Å². The summed E-state index contributed by atoms with van der Waals surface area (Å²) >= 11 is 7.95. The van der Waals surface area contributed by atoms with Crippen molar-refractivity contribution in [3.8, 4) is 11.8 Å². The Morgan fingerprint density at radius 3 is 2.60 bits per heavy atom. The molecule has 15 heavy (non-hydrogen) atoms. The van der Waals surface area contributed by atoms with Crippen LogP contribution in [-0.2, 0) is 0 Å². The minimum Gasteiger partial charge on any atom is -0.424 e. The van der Waals surface area contributed by atoms with Crippen LogP contribution in [0.15, 0.2) is 36.7 Å². The molecule has 0 saturated heterocycles. The Labute approximate surface area is 106 Å². The molecule has 0 fully saturated rings. The Balaban J connectivity index is 2.18. The Hall–Kier alpha value is -0.880. The fourth-order valence-corrected chi connectivity index (χ4v) is 1.45. The molecule has 0 bridgehead atoms. The molecule has 0 spiro atoms. The predicted molar refractivity (Wildman–Crippen MR) is 66.3 cm³/mol. The predicted octanol–water partition coefficient (Wildman–Crippen LogP) is 3.53. The number of rotatable bonds is 2. The van der Waals surface area contributed by atoms with Crippen LogP contribution in [0.4, 0.5) is 0 Å². The molecule has 0 amide bonds. The molecule has 0 aliphatic carbocycles.